The summed E-state index contributed by atoms with van der Waals surface area (Å²) in [6.45, 7) is 8.99. The zero-order chi connectivity index (χ0) is 21.0. The number of nitrogens with one attached hydrogen (secondary N) is 1. The average molecular weight is 414 g/mol. The summed E-state index contributed by atoms with van der Waals surface area (Å²) in [7, 11) is 0. The Hall–Kier alpha value is -2.92. The number of halogens is 3. The molecule has 4 nitrogen and oxygen atoms in total. The zero-order valence-corrected chi connectivity index (χ0v) is 16.4. The van der Waals surface area contributed by atoms with Crippen molar-refractivity contribution in [3.8, 4) is 0 Å². The van der Waals surface area contributed by atoms with E-state index in [2.05, 4.69) is 4.85 Å². The zero-order valence-electron chi connectivity index (χ0n) is 15.5. The number of alkyl halides is 3. The van der Waals surface area contributed by atoms with E-state index >= 15 is 0 Å². The molecule has 2 aromatic carbocycles. The second-order valence-electron chi connectivity index (χ2n) is 7.33. The third-order valence-electron chi connectivity index (χ3n) is 5.61. The number of hydrogen-bond acceptors (Lipinski definition) is 2. The lowest BCUT2D eigenvalue weighted by Gasteiger charge is -2.44. The molecule has 2 aliphatic rings. The number of thiocarbonyl (C=S) groups is 1. The molecule has 1 saturated carbocycles. The van der Waals surface area contributed by atoms with Crippen molar-refractivity contribution in [2.45, 2.75) is 37.9 Å². The van der Waals surface area contributed by atoms with E-state index in [4.69, 9.17) is 24.2 Å². The van der Waals surface area contributed by atoms with Crippen molar-refractivity contribution < 1.29 is 13.2 Å². The number of aryl methyl sites for hydroxylation is 1. The van der Waals surface area contributed by atoms with Crippen LogP contribution in [0, 0.1) is 18.9 Å². The van der Waals surface area contributed by atoms with Gasteiger partial charge in [-0.05, 0) is 62.7 Å². The van der Waals surface area contributed by atoms with Crippen LogP contribution in [0.25, 0.3) is 4.85 Å². The first-order chi connectivity index (χ1) is 13.7. The van der Waals surface area contributed by atoms with Crippen molar-refractivity contribution in [2.24, 2.45) is 0 Å². The highest BCUT2D eigenvalue weighted by molar-refractivity contribution is 7.81. The minimum absolute atomic E-state index is 0.153. The lowest BCUT2D eigenvalue weighted by Crippen LogP contribution is -2.55. The fourth-order valence-electron chi connectivity index (χ4n) is 3.94. The molecule has 0 radical (unpaired) electrons. The first kappa shape index (κ1) is 19.4. The van der Waals surface area contributed by atoms with Gasteiger partial charge in [-0.15, -0.1) is 0 Å². The maximum Gasteiger partial charge on any atom is 0.407 e. The summed E-state index contributed by atoms with van der Waals surface area (Å²) >= 11 is 5.65. The highest BCUT2D eigenvalue weighted by Gasteiger charge is 2.57. The Morgan fingerprint density at radius 3 is 2.24 bits per heavy atom. The molecule has 1 aliphatic carbocycles. The quantitative estimate of drug-likeness (QED) is 0.478. The second kappa shape index (κ2) is 6.56. The van der Waals surface area contributed by atoms with Gasteiger partial charge in [-0.25, -0.2) is 4.85 Å². The van der Waals surface area contributed by atoms with E-state index in [0.29, 0.717) is 12.8 Å². The lowest BCUT2D eigenvalue weighted by molar-refractivity contribution is -0.136. The van der Waals surface area contributed by atoms with Crippen LogP contribution >= 0.6 is 12.2 Å². The Bertz CT molecular complexity index is 1050. The van der Waals surface area contributed by atoms with E-state index in [1.807, 2.05) is 36.1 Å². The minimum Gasteiger partial charge on any atom is -0.305 e. The number of anilines is 2. The largest absolute Gasteiger partial charge is 0.407 e. The molecule has 8 heteroatoms. The van der Waals surface area contributed by atoms with Crippen molar-refractivity contribution >= 4 is 40.2 Å². The van der Waals surface area contributed by atoms with Gasteiger partial charge in [-0.1, -0.05) is 23.8 Å². The van der Waals surface area contributed by atoms with E-state index in [1.165, 1.54) is 11.0 Å². The van der Waals surface area contributed by atoms with Crippen LogP contribution in [-0.4, -0.2) is 16.5 Å². The van der Waals surface area contributed by atoms with Crippen molar-refractivity contribution in [3.05, 3.63) is 65.0 Å². The Morgan fingerprint density at radius 1 is 1.10 bits per heavy atom. The van der Waals surface area contributed by atoms with Crippen LogP contribution in [0.2, 0.25) is 0 Å². The van der Waals surface area contributed by atoms with Crippen molar-refractivity contribution in [2.75, 3.05) is 9.80 Å². The van der Waals surface area contributed by atoms with Gasteiger partial charge in [0.2, 0.25) is 0 Å². The third kappa shape index (κ3) is 2.88. The molecule has 2 fully saturated rings. The molecule has 0 bridgehead atoms. The Balaban J connectivity index is 1.82. The SMILES string of the molecule is [C-]#[N+]c1ccc(N2C(=N)C3(CCC3)N(c3ccc(C)cc3)C2=S)cc1C(F)(F)F. The van der Waals surface area contributed by atoms with E-state index in [1.54, 1.807) is 0 Å². The van der Waals surface area contributed by atoms with Crippen molar-refractivity contribution in [1.29, 1.82) is 5.41 Å². The number of rotatable bonds is 2. The molecular formula is C21H17F3N4S. The molecular weight excluding hydrogens is 397 g/mol. The van der Waals surface area contributed by atoms with Crippen LogP contribution < -0.4 is 9.80 Å². The van der Waals surface area contributed by atoms with Crippen LogP contribution in [0.5, 0.6) is 0 Å². The smallest absolute Gasteiger partial charge is 0.305 e. The molecule has 4 rings (SSSR count). The molecule has 1 N–H and O–H groups in total. The molecule has 0 unspecified atom stereocenters. The minimum atomic E-state index is -4.66. The fourth-order valence-corrected chi connectivity index (χ4v) is 4.42. The van der Waals surface area contributed by atoms with E-state index < -0.39 is 23.0 Å². The number of hydrogen-bond donors (Lipinski definition) is 1. The predicted octanol–water partition coefficient (Wildman–Crippen LogP) is 6.08. The Morgan fingerprint density at radius 2 is 1.72 bits per heavy atom. The third-order valence-corrected chi connectivity index (χ3v) is 5.98. The summed E-state index contributed by atoms with van der Waals surface area (Å²) in [4.78, 5) is 6.28. The predicted molar refractivity (Wildman–Crippen MR) is 111 cm³/mol. The maximum absolute atomic E-state index is 13.4. The summed E-state index contributed by atoms with van der Waals surface area (Å²) < 4.78 is 40.3. The monoisotopic (exact) mass is 414 g/mol. The Kier molecular flexibility index (Phi) is 4.39. The summed E-state index contributed by atoms with van der Waals surface area (Å²) in [5.41, 5.74) is -0.0629. The molecule has 2 aromatic rings. The summed E-state index contributed by atoms with van der Waals surface area (Å²) in [6.07, 6.45) is -2.32. The van der Waals surface area contributed by atoms with Gasteiger partial charge >= 0.3 is 6.18 Å². The van der Waals surface area contributed by atoms with Gasteiger partial charge in [-0.2, -0.15) is 13.2 Å². The maximum atomic E-state index is 13.4. The van der Waals surface area contributed by atoms with Crippen LogP contribution in [0.3, 0.4) is 0 Å². The molecule has 148 valence electrons. The molecule has 1 saturated heterocycles. The summed E-state index contributed by atoms with van der Waals surface area (Å²) in [5.74, 6) is 0.179. The second-order valence-corrected chi connectivity index (χ2v) is 7.70. The first-order valence-corrected chi connectivity index (χ1v) is 9.48. The molecule has 0 atom stereocenters. The summed E-state index contributed by atoms with van der Waals surface area (Å²) in [5, 5.41) is 9.06. The number of nitrogens with zero attached hydrogens (tertiary/aromatic N) is 3. The van der Waals surface area contributed by atoms with Gasteiger partial charge in [0.05, 0.1) is 12.1 Å². The molecule has 0 aromatic heterocycles. The van der Waals surface area contributed by atoms with Crippen LogP contribution in [0.4, 0.5) is 30.2 Å². The van der Waals surface area contributed by atoms with Gasteiger partial charge in [0.1, 0.15) is 11.4 Å². The van der Waals surface area contributed by atoms with Gasteiger partial charge in [0, 0.05) is 11.4 Å². The van der Waals surface area contributed by atoms with E-state index in [9.17, 15) is 13.2 Å². The topological polar surface area (TPSA) is 34.7 Å². The molecule has 1 aliphatic heterocycles. The number of amidine groups is 1. The Labute approximate surface area is 171 Å². The van der Waals surface area contributed by atoms with Gasteiger partial charge < -0.3 is 4.90 Å². The fraction of sp³-hybridized carbons (Fsp3) is 0.286. The van der Waals surface area contributed by atoms with Gasteiger partial charge in [0.15, 0.2) is 10.8 Å². The lowest BCUT2D eigenvalue weighted by atomic mass is 9.75. The molecule has 1 heterocycles. The van der Waals surface area contributed by atoms with E-state index in [-0.39, 0.29) is 16.6 Å². The summed E-state index contributed by atoms with van der Waals surface area (Å²) in [6, 6.07) is 11.2. The van der Waals surface area contributed by atoms with Crippen LogP contribution in [-0.2, 0) is 6.18 Å². The van der Waals surface area contributed by atoms with Gasteiger partial charge in [-0.3, -0.25) is 10.3 Å². The van der Waals surface area contributed by atoms with Crippen LogP contribution in [0.1, 0.15) is 30.4 Å². The average Bonchev–Trinajstić information content (AvgIpc) is 2.88. The van der Waals surface area contributed by atoms with E-state index in [0.717, 1.165) is 29.8 Å². The van der Waals surface area contributed by atoms with Crippen LogP contribution in [0.15, 0.2) is 42.5 Å². The normalized spacial score (nSPS) is 18.2. The standard InChI is InChI=1S/C21H17F3N4S/c1-13-4-6-14(7-5-13)28-19(29)27(18(25)20(28)10-3-11-20)15-8-9-17(26-2)16(12-15)21(22,23)24/h4-9,12,25H,3,10-11H2,1H3. The molecule has 0 amide bonds. The van der Waals surface area contributed by atoms with Crippen molar-refractivity contribution in [1.82, 2.24) is 0 Å². The highest BCUT2D eigenvalue weighted by atomic mass is 32.1. The first-order valence-electron chi connectivity index (χ1n) is 9.08. The molecule has 1 spiro atoms. The molecule has 29 heavy (non-hydrogen) atoms. The highest BCUT2D eigenvalue weighted by Crippen LogP contribution is 2.49. The number of benzene rings is 2. The van der Waals surface area contributed by atoms with Gasteiger partial charge in [0.25, 0.3) is 0 Å². The van der Waals surface area contributed by atoms with Crippen molar-refractivity contribution in [3.63, 3.8) is 0 Å².